The highest BCUT2D eigenvalue weighted by Gasteiger charge is 2.16. The van der Waals surface area contributed by atoms with E-state index in [-0.39, 0.29) is 0 Å². The van der Waals surface area contributed by atoms with Crippen LogP contribution in [0.15, 0.2) is 24.3 Å². The molecule has 1 rings (SSSR count). The molecule has 0 bridgehead atoms. The molecule has 0 fully saturated rings. The lowest BCUT2D eigenvalue weighted by Gasteiger charge is -2.26. The van der Waals surface area contributed by atoms with Gasteiger partial charge in [0.2, 0.25) is 0 Å². The quantitative estimate of drug-likeness (QED) is 0.777. The van der Waals surface area contributed by atoms with Crippen LogP contribution in [0, 0.1) is 5.92 Å². The fraction of sp³-hybridized carbons (Fsp3) is 0.647. The lowest BCUT2D eigenvalue weighted by molar-refractivity contribution is 0.288. The Labute approximate surface area is 126 Å². The molecule has 0 saturated carbocycles. The maximum atomic E-state index is 3.69. The summed E-state index contributed by atoms with van der Waals surface area (Å²) in [5, 5.41) is 5.23. The van der Waals surface area contributed by atoms with Gasteiger partial charge in [0.05, 0.1) is 8.07 Å². The lowest BCUT2D eigenvalue weighted by Crippen LogP contribution is -2.41. The van der Waals surface area contributed by atoms with E-state index < -0.39 is 8.07 Å². The van der Waals surface area contributed by atoms with Gasteiger partial charge in [-0.05, 0) is 25.6 Å². The normalized spacial score (nSPS) is 14.1. The van der Waals surface area contributed by atoms with Crippen molar-refractivity contribution in [3.63, 3.8) is 0 Å². The number of nitrogens with zero attached hydrogens (tertiary/aromatic N) is 1. The van der Waals surface area contributed by atoms with Crippen LogP contribution in [-0.2, 0) is 6.54 Å². The van der Waals surface area contributed by atoms with Crippen molar-refractivity contribution in [2.45, 2.75) is 46.1 Å². The van der Waals surface area contributed by atoms with Gasteiger partial charge in [-0.25, -0.2) is 0 Å². The van der Waals surface area contributed by atoms with E-state index in [9.17, 15) is 0 Å². The van der Waals surface area contributed by atoms with Gasteiger partial charge in [-0.3, -0.25) is 0 Å². The van der Waals surface area contributed by atoms with Crippen LogP contribution in [0.2, 0.25) is 19.6 Å². The smallest absolute Gasteiger partial charge is 0.0775 e. The Kier molecular flexibility index (Phi) is 6.43. The zero-order valence-corrected chi connectivity index (χ0v) is 15.3. The first-order valence-electron chi connectivity index (χ1n) is 7.67. The van der Waals surface area contributed by atoms with Crippen LogP contribution < -0.4 is 10.5 Å². The second kappa shape index (κ2) is 7.39. The number of nitrogens with one attached hydrogen (secondary N) is 1. The van der Waals surface area contributed by atoms with Gasteiger partial charge in [0, 0.05) is 19.1 Å². The summed E-state index contributed by atoms with van der Waals surface area (Å²) >= 11 is 0. The molecule has 1 atom stereocenters. The van der Waals surface area contributed by atoms with Crippen molar-refractivity contribution in [2.75, 3.05) is 20.6 Å². The van der Waals surface area contributed by atoms with Gasteiger partial charge in [0.25, 0.3) is 0 Å². The summed E-state index contributed by atoms with van der Waals surface area (Å²) in [6.45, 7) is 13.8. The third-order valence-electron chi connectivity index (χ3n) is 3.75. The topological polar surface area (TPSA) is 15.3 Å². The number of rotatable bonds is 7. The highest BCUT2D eigenvalue weighted by atomic mass is 28.3. The van der Waals surface area contributed by atoms with Crippen LogP contribution in [0.3, 0.4) is 0 Å². The van der Waals surface area contributed by atoms with E-state index in [1.165, 1.54) is 10.8 Å². The Balaban J connectivity index is 2.60. The largest absolute Gasteiger partial charge is 0.308 e. The summed E-state index contributed by atoms with van der Waals surface area (Å²) in [7, 11) is 3.11. The predicted molar refractivity (Wildman–Crippen MR) is 93.4 cm³/mol. The minimum absolute atomic E-state index is 0.543. The summed E-state index contributed by atoms with van der Waals surface area (Å²) in [4.78, 5) is 2.26. The predicted octanol–water partition coefficient (Wildman–Crippen LogP) is 2.91. The molecule has 3 heteroatoms. The highest BCUT2D eigenvalue weighted by molar-refractivity contribution is 6.88. The minimum atomic E-state index is -1.17. The van der Waals surface area contributed by atoms with E-state index in [2.05, 4.69) is 82.1 Å². The van der Waals surface area contributed by atoms with E-state index in [0.29, 0.717) is 12.0 Å². The maximum absolute atomic E-state index is 3.69. The fourth-order valence-electron chi connectivity index (χ4n) is 2.28. The first-order valence-corrected chi connectivity index (χ1v) is 11.2. The van der Waals surface area contributed by atoms with Crippen LogP contribution in [0.25, 0.3) is 0 Å². The van der Waals surface area contributed by atoms with Gasteiger partial charge in [0.1, 0.15) is 0 Å². The SMILES string of the molecule is CC(C)C(CN(C)C)NCc1ccc([Si](C)(C)C)cc1. The monoisotopic (exact) mass is 292 g/mol. The molecule has 20 heavy (non-hydrogen) atoms. The average molecular weight is 293 g/mol. The average Bonchev–Trinajstić information content (AvgIpc) is 2.33. The number of likely N-dealkylation sites (N-methyl/N-ethyl adjacent to an activating group) is 1. The summed E-state index contributed by atoms with van der Waals surface area (Å²) in [5.41, 5.74) is 1.39. The van der Waals surface area contributed by atoms with E-state index in [1.807, 2.05) is 0 Å². The van der Waals surface area contributed by atoms with Crippen LogP contribution in [-0.4, -0.2) is 39.7 Å². The van der Waals surface area contributed by atoms with Crippen LogP contribution in [0.5, 0.6) is 0 Å². The molecule has 0 radical (unpaired) electrons. The van der Waals surface area contributed by atoms with Crippen molar-refractivity contribution >= 4 is 13.3 Å². The molecule has 0 aliphatic carbocycles. The number of hydrogen-bond acceptors (Lipinski definition) is 2. The van der Waals surface area contributed by atoms with Gasteiger partial charge < -0.3 is 10.2 Å². The van der Waals surface area contributed by atoms with E-state index in [0.717, 1.165) is 13.1 Å². The number of hydrogen-bond donors (Lipinski definition) is 1. The Hall–Kier alpha value is -0.643. The maximum Gasteiger partial charge on any atom is 0.0775 e. The molecule has 0 aliphatic heterocycles. The molecule has 1 unspecified atom stereocenters. The second-order valence-corrected chi connectivity index (χ2v) is 12.5. The molecule has 0 saturated heterocycles. The molecule has 0 aromatic heterocycles. The van der Waals surface area contributed by atoms with Gasteiger partial charge in [-0.15, -0.1) is 0 Å². The molecule has 1 aromatic rings. The van der Waals surface area contributed by atoms with Crippen molar-refractivity contribution in [1.82, 2.24) is 10.2 Å². The highest BCUT2D eigenvalue weighted by Crippen LogP contribution is 2.07. The molecule has 2 nitrogen and oxygen atoms in total. The molecular formula is C17H32N2Si. The molecule has 1 N–H and O–H groups in total. The summed E-state index contributed by atoms with van der Waals surface area (Å²) in [6, 6.07) is 9.75. The summed E-state index contributed by atoms with van der Waals surface area (Å²) < 4.78 is 0. The zero-order chi connectivity index (χ0) is 15.3. The second-order valence-electron chi connectivity index (χ2n) is 7.44. The standard InChI is InChI=1S/C17H32N2Si/c1-14(2)17(13-19(3)4)18-12-15-8-10-16(11-9-15)20(5,6)7/h8-11,14,17-18H,12-13H2,1-7H3. The Morgan fingerprint density at radius 3 is 2.00 bits per heavy atom. The lowest BCUT2D eigenvalue weighted by atomic mass is 10.0. The number of benzene rings is 1. The van der Waals surface area contributed by atoms with Crippen molar-refractivity contribution in [2.24, 2.45) is 5.92 Å². The summed E-state index contributed by atoms with van der Waals surface area (Å²) in [6.07, 6.45) is 0. The summed E-state index contributed by atoms with van der Waals surface area (Å²) in [5.74, 6) is 0.652. The molecular weight excluding hydrogens is 260 g/mol. The van der Waals surface area contributed by atoms with Crippen LogP contribution in [0.1, 0.15) is 19.4 Å². The van der Waals surface area contributed by atoms with Gasteiger partial charge >= 0.3 is 0 Å². The molecule has 0 amide bonds. The van der Waals surface area contributed by atoms with E-state index >= 15 is 0 Å². The van der Waals surface area contributed by atoms with Gasteiger partial charge in [-0.1, -0.05) is 62.9 Å². The Morgan fingerprint density at radius 1 is 1.05 bits per heavy atom. The van der Waals surface area contributed by atoms with Gasteiger partial charge in [-0.2, -0.15) is 0 Å². The third kappa shape index (κ3) is 5.78. The third-order valence-corrected chi connectivity index (χ3v) is 5.82. The van der Waals surface area contributed by atoms with E-state index in [1.54, 1.807) is 0 Å². The first-order chi connectivity index (χ1) is 9.20. The molecule has 0 heterocycles. The van der Waals surface area contributed by atoms with Gasteiger partial charge in [0.15, 0.2) is 0 Å². The van der Waals surface area contributed by atoms with Crippen molar-refractivity contribution < 1.29 is 0 Å². The first kappa shape index (κ1) is 17.4. The Bertz CT molecular complexity index is 390. The van der Waals surface area contributed by atoms with Crippen LogP contribution in [0.4, 0.5) is 0 Å². The molecule has 1 aromatic carbocycles. The van der Waals surface area contributed by atoms with Crippen molar-refractivity contribution in [3.8, 4) is 0 Å². The van der Waals surface area contributed by atoms with Crippen molar-refractivity contribution in [1.29, 1.82) is 0 Å². The zero-order valence-electron chi connectivity index (χ0n) is 14.3. The van der Waals surface area contributed by atoms with E-state index in [4.69, 9.17) is 0 Å². The molecule has 0 spiro atoms. The van der Waals surface area contributed by atoms with Crippen molar-refractivity contribution in [3.05, 3.63) is 29.8 Å². The van der Waals surface area contributed by atoms with Crippen LogP contribution >= 0.6 is 0 Å². The fourth-order valence-corrected chi connectivity index (χ4v) is 3.44. The minimum Gasteiger partial charge on any atom is -0.308 e. The molecule has 0 aliphatic rings. The molecule has 114 valence electrons. The Morgan fingerprint density at radius 2 is 1.60 bits per heavy atom.